The van der Waals surface area contributed by atoms with E-state index >= 15 is 0 Å². The van der Waals surface area contributed by atoms with Crippen LogP contribution in [0.1, 0.15) is 30.4 Å². The van der Waals surface area contributed by atoms with E-state index < -0.39 is 0 Å². The topological polar surface area (TPSA) is 38.7 Å². The fraction of sp³-hybridized carbons (Fsp3) is 0.263. The Bertz CT molecular complexity index is 774. The zero-order valence-electron chi connectivity index (χ0n) is 12.9. The van der Waals surface area contributed by atoms with E-state index in [0.29, 0.717) is 6.42 Å². The van der Waals surface area contributed by atoms with Gasteiger partial charge in [-0.25, -0.2) is 0 Å². The highest BCUT2D eigenvalue weighted by Crippen LogP contribution is 2.32. The van der Waals surface area contributed by atoms with Gasteiger partial charge in [-0.3, -0.25) is 9.79 Å². The standard InChI is InChI=1S/C19H19NO2/c1-13(18-7-4-10-20-18)16-6-3-5-15-9-8-14(11-17(15)16)12-19(21)22-2/h3,5-11,13H,4,12H2,1-2H3. The number of allylic oxidation sites excluding steroid dienone is 2. The van der Waals surface area contributed by atoms with Crippen LogP contribution >= 0.6 is 0 Å². The van der Waals surface area contributed by atoms with E-state index in [1.54, 1.807) is 0 Å². The van der Waals surface area contributed by atoms with E-state index in [0.717, 1.165) is 17.7 Å². The maximum absolute atomic E-state index is 11.5. The van der Waals surface area contributed by atoms with Crippen LogP contribution < -0.4 is 0 Å². The van der Waals surface area contributed by atoms with Gasteiger partial charge in [-0.1, -0.05) is 49.4 Å². The van der Waals surface area contributed by atoms with E-state index in [9.17, 15) is 4.79 Å². The molecule has 1 aliphatic rings. The fourth-order valence-corrected chi connectivity index (χ4v) is 2.90. The quantitative estimate of drug-likeness (QED) is 0.799. The zero-order valence-corrected chi connectivity index (χ0v) is 12.9. The summed E-state index contributed by atoms with van der Waals surface area (Å²) in [6, 6.07) is 12.5. The van der Waals surface area contributed by atoms with Crippen LogP contribution in [0.2, 0.25) is 0 Å². The molecule has 3 nitrogen and oxygen atoms in total. The summed E-state index contributed by atoms with van der Waals surface area (Å²) in [5, 5.41) is 2.36. The van der Waals surface area contributed by atoms with Gasteiger partial charge < -0.3 is 4.74 Å². The van der Waals surface area contributed by atoms with Gasteiger partial charge in [0, 0.05) is 24.3 Å². The second-order valence-corrected chi connectivity index (χ2v) is 5.55. The molecule has 0 saturated carbocycles. The van der Waals surface area contributed by atoms with E-state index in [4.69, 9.17) is 4.74 Å². The molecule has 0 amide bonds. The third-order valence-corrected chi connectivity index (χ3v) is 4.14. The molecule has 2 aromatic carbocycles. The van der Waals surface area contributed by atoms with Crippen LogP contribution in [0.3, 0.4) is 0 Å². The van der Waals surface area contributed by atoms with Crippen LogP contribution in [0, 0.1) is 0 Å². The molecule has 22 heavy (non-hydrogen) atoms. The zero-order chi connectivity index (χ0) is 15.5. The van der Waals surface area contributed by atoms with Gasteiger partial charge in [-0.05, 0) is 21.9 Å². The summed E-state index contributed by atoms with van der Waals surface area (Å²) in [6.45, 7) is 2.18. The van der Waals surface area contributed by atoms with E-state index in [1.165, 1.54) is 23.4 Å². The molecule has 0 radical (unpaired) electrons. The van der Waals surface area contributed by atoms with Crippen LogP contribution in [0.4, 0.5) is 0 Å². The minimum atomic E-state index is -0.215. The number of methoxy groups -OCH3 is 1. The predicted octanol–water partition coefficient (Wildman–Crippen LogP) is 4.02. The van der Waals surface area contributed by atoms with Crippen molar-refractivity contribution >= 4 is 23.0 Å². The van der Waals surface area contributed by atoms with Gasteiger partial charge in [0.2, 0.25) is 0 Å². The first-order valence-electron chi connectivity index (χ1n) is 7.50. The molecule has 1 heterocycles. The van der Waals surface area contributed by atoms with Gasteiger partial charge in [0.25, 0.3) is 0 Å². The number of nitrogens with zero attached hydrogens (tertiary/aromatic N) is 1. The fourth-order valence-electron chi connectivity index (χ4n) is 2.90. The highest BCUT2D eigenvalue weighted by atomic mass is 16.5. The molecular formula is C19H19NO2. The Hall–Kier alpha value is -2.42. The predicted molar refractivity (Wildman–Crippen MR) is 89.3 cm³/mol. The van der Waals surface area contributed by atoms with Crippen LogP contribution in [0.25, 0.3) is 10.8 Å². The number of ether oxygens (including phenoxy) is 1. The van der Waals surface area contributed by atoms with E-state index in [-0.39, 0.29) is 11.9 Å². The number of benzene rings is 2. The molecule has 1 unspecified atom stereocenters. The number of esters is 1. The van der Waals surface area contributed by atoms with Crippen LogP contribution in [-0.2, 0) is 16.0 Å². The Balaban J connectivity index is 2.04. The molecule has 0 saturated heterocycles. The normalized spacial score (nSPS) is 14.9. The lowest BCUT2D eigenvalue weighted by atomic mass is 9.91. The van der Waals surface area contributed by atoms with Gasteiger partial charge in [-0.2, -0.15) is 0 Å². The summed E-state index contributed by atoms with van der Waals surface area (Å²) in [5.41, 5.74) is 3.34. The highest BCUT2D eigenvalue weighted by Gasteiger charge is 2.15. The van der Waals surface area contributed by atoms with Crippen molar-refractivity contribution in [3.05, 3.63) is 59.3 Å². The molecular weight excluding hydrogens is 274 g/mol. The van der Waals surface area contributed by atoms with Crippen molar-refractivity contribution in [1.82, 2.24) is 0 Å². The molecule has 1 atom stereocenters. The Kier molecular flexibility index (Phi) is 4.05. The summed E-state index contributed by atoms with van der Waals surface area (Å²) in [7, 11) is 1.42. The van der Waals surface area contributed by atoms with Crippen molar-refractivity contribution in [2.24, 2.45) is 4.99 Å². The number of aliphatic imine (C=N–C) groups is 1. The lowest BCUT2D eigenvalue weighted by molar-refractivity contribution is -0.139. The van der Waals surface area contributed by atoms with Crippen molar-refractivity contribution in [1.29, 1.82) is 0 Å². The third kappa shape index (κ3) is 2.80. The van der Waals surface area contributed by atoms with Crippen molar-refractivity contribution < 1.29 is 9.53 Å². The average Bonchev–Trinajstić information content (AvgIpc) is 3.08. The molecule has 3 rings (SSSR count). The Labute approximate surface area is 130 Å². The number of hydrogen-bond donors (Lipinski definition) is 0. The number of rotatable bonds is 4. The maximum Gasteiger partial charge on any atom is 0.309 e. The summed E-state index contributed by atoms with van der Waals surface area (Å²) < 4.78 is 4.76. The first-order valence-corrected chi connectivity index (χ1v) is 7.50. The SMILES string of the molecule is COC(=O)Cc1ccc2cccc(C(C)C3=CCC=N3)c2c1. The minimum Gasteiger partial charge on any atom is -0.469 e. The van der Waals surface area contributed by atoms with Gasteiger partial charge in [0.05, 0.1) is 13.5 Å². The van der Waals surface area contributed by atoms with Gasteiger partial charge in [-0.15, -0.1) is 0 Å². The first kappa shape index (κ1) is 14.5. The van der Waals surface area contributed by atoms with Crippen molar-refractivity contribution in [3.8, 4) is 0 Å². The molecule has 0 spiro atoms. The molecule has 0 aromatic heterocycles. The summed E-state index contributed by atoms with van der Waals surface area (Å²) >= 11 is 0. The minimum absolute atomic E-state index is 0.215. The Morgan fingerprint density at radius 2 is 2.18 bits per heavy atom. The molecule has 0 bridgehead atoms. The largest absolute Gasteiger partial charge is 0.469 e. The summed E-state index contributed by atoms with van der Waals surface area (Å²) in [6.07, 6.45) is 5.33. The number of carbonyl (C=O) groups excluding carboxylic acids is 1. The Morgan fingerprint density at radius 1 is 1.32 bits per heavy atom. The lowest BCUT2D eigenvalue weighted by Gasteiger charge is -2.15. The van der Waals surface area contributed by atoms with Crippen molar-refractivity contribution in [3.63, 3.8) is 0 Å². The molecule has 0 N–H and O–H groups in total. The molecule has 112 valence electrons. The van der Waals surface area contributed by atoms with Crippen molar-refractivity contribution in [2.45, 2.75) is 25.7 Å². The molecule has 0 aliphatic carbocycles. The number of carbonyl (C=O) groups is 1. The highest BCUT2D eigenvalue weighted by molar-refractivity contribution is 5.88. The van der Waals surface area contributed by atoms with Crippen LogP contribution in [0.15, 0.2) is 53.2 Å². The van der Waals surface area contributed by atoms with E-state index in [1.807, 2.05) is 12.3 Å². The Morgan fingerprint density at radius 3 is 2.91 bits per heavy atom. The average molecular weight is 293 g/mol. The van der Waals surface area contributed by atoms with Gasteiger partial charge >= 0.3 is 5.97 Å². The van der Waals surface area contributed by atoms with Gasteiger partial charge in [0.1, 0.15) is 0 Å². The van der Waals surface area contributed by atoms with Crippen molar-refractivity contribution in [2.75, 3.05) is 7.11 Å². The van der Waals surface area contributed by atoms with E-state index in [2.05, 4.69) is 48.3 Å². The molecule has 2 aromatic rings. The summed E-state index contributed by atoms with van der Waals surface area (Å²) in [5.74, 6) is 0.0313. The second-order valence-electron chi connectivity index (χ2n) is 5.55. The molecule has 1 aliphatic heterocycles. The lowest BCUT2D eigenvalue weighted by Crippen LogP contribution is -2.04. The third-order valence-electron chi connectivity index (χ3n) is 4.14. The van der Waals surface area contributed by atoms with Crippen LogP contribution in [0.5, 0.6) is 0 Å². The monoisotopic (exact) mass is 293 g/mol. The number of fused-ring (bicyclic) bond motifs is 1. The molecule has 3 heteroatoms. The second kappa shape index (κ2) is 6.14. The smallest absolute Gasteiger partial charge is 0.309 e. The van der Waals surface area contributed by atoms with Gasteiger partial charge in [0.15, 0.2) is 0 Å². The first-order chi connectivity index (χ1) is 10.7. The number of hydrogen-bond acceptors (Lipinski definition) is 3. The van der Waals surface area contributed by atoms with Crippen LogP contribution in [-0.4, -0.2) is 19.3 Å². The maximum atomic E-state index is 11.5. The molecule has 0 fully saturated rings. The summed E-state index contributed by atoms with van der Waals surface area (Å²) in [4.78, 5) is 16.0.